The van der Waals surface area contributed by atoms with Crippen LogP contribution >= 0.6 is 0 Å². The van der Waals surface area contributed by atoms with Gasteiger partial charge in [-0.05, 0) is 37.1 Å². The largest absolute Gasteiger partial charge is 0.417 e. The lowest BCUT2D eigenvalue weighted by atomic mass is 10.1. The molecule has 0 spiro atoms. The van der Waals surface area contributed by atoms with Gasteiger partial charge in [0.15, 0.2) is 0 Å². The lowest BCUT2D eigenvalue weighted by molar-refractivity contribution is -0.137. The summed E-state index contributed by atoms with van der Waals surface area (Å²) in [4.78, 5) is 21.5. The zero-order chi connectivity index (χ0) is 18.7. The Morgan fingerprint density at radius 3 is 2.73 bits per heavy atom. The molecule has 9 heteroatoms. The third kappa shape index (κ3) is 4.04. The van der Waals surface area contributed by atoms with Crippen molar-refractivity contribution in [3.63, 3.8) is 0 Å². The fraction of sp³-hybridized carbons (Fsp3) is 0.353. The van der Waals surface area contributed by atoms with E-state index in [0.717, 1.165) is 25.1 Å². The van der Waals surface area contributed by atoms with Gasteiger partial charge in [0.25, 0.3) is 5.91 Å². The Morgan fingerprint density at radius 1 is 1.27 bits per heavy atom. The van der Waals surface area contributed by atoms with Gasteiger partial charge in [0.05, 0.1) is 11.1 Å². The Morgan fingerprint density at radius 2 is 2.08 bits per heavy atom. The average Bonchev–Trinajstić information content (AvgIpc) is 2.62. The molecular formula is C17H18F3N5O. The highest BCUT2D eigenvalue weighted by Crippen LogP contribution is 2.30. The molecule has 1 aliphatic rings. The molecule has 0 bridgehead atoms. The van der Waals surface area contributed by atoms with E-state index in [1.807, 2.05) is 4.90 Å². The minimum atomic E-state index is -4.40. The summed E-state index contributed by atoms with van der Waals surface area (Å²) in [6.07, 6.45) is -0.324. The first-order valence-corrected chi connectivity index (χ1v) is 8.14. The first-order valence-electron chi connectivity index (χ1n) is 8.14. The van der Waals surface area contributed by atoms with Crippen molar-refractivity contribution in [1.29, 1.82) is 0 Å². The van der Waals surface area contributed by atoms with Crippen LogP contribution in [0.2, 0.25) is 0 Å². The van der Waals surface area contributed by atoms with Crippen LogP contribution in [0.5, 0.6) is 0 Å². The van der Waals surface area contributed by atoms with E-state index < -0.39 is 17.6 Å². The smallest absolute Gasteiger partial charge is 0.365 e. The summed E-state index contributed by atoms with van der Waals surface area (Å²) < 4.78 is 38.0. The summed E-state index contributed by atoms with van der Waals surface area (Å²) in [7, 11) is 0. The van der Waals surface area contributed by atoms with Gasteiger partial charge in [-0.1, -0.05) is 0 Å². The second kappa shape index (κ2) is 7.19. The van der Waals surface area contributed by atoms with E-state index in [1.54, 1.807) is 18.3 Å². The Labute approximate surface area is 148 Å². The molecule has 3 heterocycles. The molecule has 1 atom stereocenters. The second-order valence-electron chi connectivity index (χ2n) is 6.10. The van der Waals surface area contributed by atoms with Crippen LogP contribution in [0.15, 0.2) is 36.7 Å². The third-order valence-electron chi connectivity index (χ3n) is 4.23. The van der Waals surface area contributed by atoms with Gasteiger partial charge in [-0.25, -0.2) is 9.97 Å². The van der Waals surface area contributed by atoms with Crippen LogP contribution in [0.3, 0.4) is 0 Å². The van der Waals surface area contributed by atoms with Crippen LogP contribution in [0.25, 0.3) is 0 Å². The van der Waals surface area contributed by atoms with Crippen LogP contribution in [0, 0.1) is 0 Å². The Bertz CT molecular complexity index is 779. The van der Waals surface area contributed by atoms with Crippen molar-refractivity contribution in [2.75, 3.05) is 23.3 Å². The number of halogens is 3. The van der Waals surface area contributed by atoms with Crippen molar-refractivity contribution in [1.82, 2.24) is 9.97 Å². The average molecular weight is 365 g/mol. The van der Waals surface area contributed by atoms with E-state index in [9.17, 15) is 18.0 Å². The highest BCUT2D eigenvalue weighted by molar-refractivity contribution is 5.97. The highest BCUT2D eigenvalue weighted by atomic mass is 19.4. The third-order valence-corrected chi connectivity index (χ3v) is 4.23. The molecule has 0 radical (unpaired) electrons. The Balaban J connectivity index is 1.71. The summed E-state index contributed by atoms with van der Waals surface area (Å²) in [6.45, 7) is 1.23. The van der Waals surface area contributed by atoms with Crippen molar-refractivity contribution in [3.05, 3.63) is 47.8 Å². The predicted octanol–water partition coefficient (Wildman–Crippen LogP) is 2.68. The van der Waals surface area contributed by atoms with Gasteiger partial charge in [0, 0.05) is 31.5 Å². The van der Waals surface area contributed by atoms with Crippen LogP contribution in [0.4, 0.5) is 24.8 Å². The first-order chi connectivity index (χ1) is 12.3. The minimum absolute atomic E-state index is 0.0270. The maximum atomic E-state index is 12.7. The maximum absolute atomic E-state index is 12.7. The summed E-state index contributed by atoms with van der Waals surface area (Å²) in [5.74, 6) is 0.325. The fourth-order valence-electron chi connectivity index (χ4n) is 2.96. The zero-order valence-electron chi connectivity index (χ0n) is 13.8. The van der Waals surface area contributed by atoms with Gasteiger partial charge in [0.1, 0.15) is 11.6 Å². The quantitative estimate of drug-likeness (QED) is 0.870. The second-order valence-corrected chi connectivity index (χ2v) is 6.10. The number of carbonyl (C=O) groups excluding carboxylic acids is 1. The van der Waals surface area contributed by atoms with Gasteiger partial charge in [0.2, 0.25) is 0 Å². The molecule has 0 aromatic carbocycles. The van der Waals surface area contributed by atoms with Gasteiger partial charge in [-0.2, -0.15) is 13.2 Å². The standard InChI is InChI=1S/C17H18F3N5O/c18-17(19,20)11-5-6-14(23-9-11)25-8-2-3-12(10-25)24-16-13(15(21)26)4-1-7-22-16/h1,4-7,9,12H,2-3,8,10H2,(H2,21,26)(H,22,24). The Hall–Kier alpha value is -2.84. The van der Waals surface area contributed by atoms with Crippen molar-refractivity contribution in [2.45, 2.75) is 25.1 Å². The number of nitrogens with one attached hydrogen (secondary N) is 1. The lowest BCUT2D eigenvalue weighted by Gasteiger charge is -2.34. The topological polar surface area (TPSA) is 84.1 Å². The van der Waals surface area contributed by atoms with Gasteiger partial charge in [-0.15, -0.1) is 0 Å². The predicted molar refractivity (Wildman–Crippen MR) is 90.9 cm³/mol. The van der Waals surface area contributed by atoms with E-state index in [1.165, 1.54) is 6.07 Å². The SMILES string of the molecule is NC(=O)c1cccnc1NC1CCCN(c2ccc(C(F)(F)F)cn2)C1. The number of hydrogen-bond donors (Lipinski definition) is 2. The first kappa shape index (κ1) is 18.0. The molecule has 1 aliphatic heterocycles. The molecular weight excluding hydrogens is 347 g/mol. The van der Waals surface area contributed by atoms with Crippen molar-refractivity contribution >= 4 is 17.5 Å². The fourth-order valence-corrected chi connectivity index (χ4v) is 2.96. The lowest BCUT2D eigenvalue weighted by Crippen LogP contribution is -2.43. The van der Waals surface area contributed by atoms with Crippen LogP contribution in [-0.2, 0) is 6.18 Å². The van der Waals surface area contributed by atoms with Crippen LogP contribution < -0.4 is 16.0 Å². The van der Waals surface area contributed by atoms with E-state index >= 15 is 0 Å². The summed E-state index contributed by atoms with van der Waals surface area (Å²) in [6, 6.07) is 5.60. The molecule has 0 saturated carbocycles. The number of pyridine rings is 2. The molecule has 6 nitrogen and oxygen atoms in total. The molecule has 1 fully saturated rings. The number of nitrogens with zero attached hydrogens (tertiary/aromatic N) is 3. The Kier molecular flexibility index (Phi) is 4.97. The van der Waals surface area contributed by atoms with E-state index in [0.29, 0.717) is 30.3 Å². The van der Waals surface area contributed by atoms with Gasteiger partial charge < -0.3 is 16.0 Å². The summed E-state index contributed by atoms with van der Waals surface area (Å²) >= 11 is 0. The monoisotopic (exact) mass is 365 g/mol. The van der Waals surface area contributed by atoms with Crippen molar-refractivity contribution in [3.8, 4) is 0 Å². The number of nitrogens with two attached hydrogens (primary N) is 1. The van der Waals surface area contributed by atoms with Crippen molar-refractivity contribution in [2.24, 2.45) is 5.73 Å². The number of primary amides is 1. The van der Waals surface area contributed by atoms with E-state index in [2.05, 4.69) is 15.3 Å². The molecule has 3 rings (SSSR count). The molecule has 2 aromatic rings. The number of carbonyl (C=O) groups is 1. The molecule has 3 N–H and O–H groups in total. The molecule has 26 heavy (non-hydrogen) atoms. The molecule has 138 valence electrons. The van der Waals surface area contributed by atoms with E-state index in [-0.39, 0.29) is 6.04 Å². The van der Waals surface area contributed by atoms with Crippen molar-refractivity contribution < 1.29 is 18.0 Å². The molecule has 2 aromatic heterocycles. The number of piperidine rings is 1. The molecule has 1 amide bonds. The number of hydrogen-bond acceptors (Lipinski definition) is 5. The normalized spacial score (nSPS) is 17.8. The number of rotatable bonds is 4. The number of anilines is 2. The van der Waals surface area contributed by atoms with Gasteiger partial charge in [-0.3, -0.25) is 4.79 Å². The van der Waals surface area contributed by atoms with E-state index in [4.69, 9.17) is 5.73 Å². The van der Waals surface area contributed by atoms with Gasteiger partial charge >= 0.3 is 6.18 Å². The van der Waals surface area contributed by atoms with Crippen LogP contribution in [-0.4, -0.2) is 35.0 Å². The van der Waals surface area contributed by atoms with Crippen LogP contribution in [0.1, 0.15) is 28.8 Å². The molecule has 1 unspecified atom stereocenters. The number of amides is 1. The summed E-state index contributed by atoms with van der Waals surface area (Å²) in [5.41, 5.74) is 4.89. The molecule has 0 aliphatic carbocycles. The summed E-state index contributed by atoms with van der Waals surface area (Å²) in [5, 5.41) is 3.20. The highest BCUT2D eigenvalue weighted by Gasteiger charge is 2.31. The maximum Gasteiger partial charge on any atom is 0.417 e. The molecule has 1 saturated heterocycles. The number of aromatic nitrogens is 2. The minimum Gasteiger partial charge on any atom is -0.365 e. The zero-order valence-corrected chi connectivity index (χ0v) is 13.8. The number of alkyl halides is 3.